The molecule has 0 saturated carbocycles. The summed E-state index contributed by atoms with van der Waals surface area (Å²) in [5, 5.41) is 19.1. The number of nitrogen functional groups attached to an aromatic ring is 1. The average molecular weight is 384 g/mol. The Labute approximate surface area is 165 Å². The van der Waals surface area contributed by atoms with Crippen LogP contribution in [0, 0.1) is 0 Å². The van der Waals surface area contributed by atoms with E-state index in [-0.39, 0.29) is 24.9 Å². The number of β-amino-alcohol motifs (C(OH)–C–C–N with tert-alkyl or cyclic N) is 1. The van der Waals surface area contributed by atoms with Crippen molar-refractivity contribution in [2.45, 2.75) is 44.1 Å². The molecule has 0 spiro atoms. The van der Waals surface area contributed by atoms with Gasteiger partial charge in [-0.05, 0) is 29.7 Å². The zero-order valence-electron chi connectivity index (χ0n) is 15.9. The third-order valence-corrected chi connectivity index (χ3v) is 5.51. The highest BCUT2D eigenvalue weighted by Gasteiger charge is 2.34. The number of nitrogens with two attached hydrogens (primary N) is 1. The number of anilines is 1. The van der Waals surface area contributed by atoms with Crippen molar-refractivity contribution in [3.63, 3.8) is 0 Å². The first-order valence-electron chi connectivity index (χ1n) is 9.87. The van der Waals surface area contributed by atoms with E-state index in [2.05, 4.69) is 4.90 Å². The van der Waals surface area contributed by atoms with Gasteiger partial charge in [0.15, 0.2) is 6.29 Å². The van der Waals surface area contributed by atoms with Crippen molar-refractivity contribution in [1.29, 1.82) is 0 Å². The van der Waals surface area contributed by atoms with Gasteiger partial charge in [-0.15, -0.1) is 0 Å². The van der Waals surface area contributed by atoms with Gasteiger partial charge in [0.05, 0.1) is 24.9 Å². The number of hydrogen-bond donors (Lipinski definition) is 3. The molecule has 150 valence electrons. The largest absolute Gasteiger partial charge is 0.399 e. The van der Waals surface area contributed by atoms with Crippen LogP contribution in [0.25, 0.3) is 0 Å². The van der Waals surface area contributed by atoms with Crippen molar-refractivity contribution in [1.82, 2.24) is 4.90 Å². The van der Waals surface area contributed by atoms with Crippen LogP contribution in [0.4, 0.5) is 5.69 Å². The monoisotopic (exact) mass is 384 g/mol. The average Bonchev–Trinajstić information content (AvgIpc) is 3.12. The van der Waals surface area contributed by atoms with Crippen molar-refractivity contribution in [3.05, 3.63) is 65.2 Å². The predicted octanol–water partition coefficient (Wildman–Crippen LogP) is 2.37. The summed E-state index contributed by atoms with van der Waals surface area (Å²) in [6.07, 6.45) is 0.708. The van der Waals surface area contributed by atoms with Crippen molar-refractivity contribution < 1.29 is 19.7 Å². The van der Waals surface area contributed by atoms with Crippen LogP contribution in [-0.4, -0.2) is 47.0 Å². The Morgan fingerprint density at radius 1 is 1.07 bits per heavy atom. The molecule has 2 aliphatic heterocycles. The molecule has 2 saturated heterocycles. The van der Waals surface area contributed by atoms with Gasteiger partial charge in [0, 0.05) is 37.3 Å². The molecule has 6 heteroatoms. The van der Waals surface area contributed by atoms with Crippen LogP contribution in [0.3, 0.4) is 0 Å². The molecule has 0 amide bonds. The van der Waals surface area contributed by atoms with Gasteiger partial charge in [0.2, 0.25) is 0 Å². The second-order valence-electron chi connectivity index (χ2n) is 7.72. The van der Waals surface area contributed by atoms with Gasteiger partial charge in [0.1, 0.15) is 0 Å². The predicted molar refractivity (Wildman–Crippen MR) is 106 cm³/mol. The van der Waals surface area contributed by atoms with Gasteiger partial charge < -0.3 is 25.4 Å². The quantitative estimate of drug-likeness (QED) is 0.686. The number of ether oxygens (including phenoxy) is 2. The van der Waals surface area contributed by atoms with Crippen LogP contribution < -0.4 is 5.73 Å². The maximum absolute atomic E-state index is 9.83. The van der Waals surface area contributed by atoms with Crippen molar-refractivity contribution in [2.24, 2.45) is 0 Å². The lowest BCUT2D eigenvalue weighted by Gasteiger charge is -2.37. The number of rotatable bonds is 5. The van der Waals surface area contributed by atoms with Gasteiger partial charge in [-0.2, -0.15) is 0 Å². The first kappa shape index (κ1) is 19.4. The third-order valence-electron chi connectivity index (χ3n) is 5.51. The van der Waals surface area contributed by atoms with Gasteiger partial charge >= 0.3 is 0 Å². The molecule has 4 rings (SSSR count). The lowest BCUT2D eigenvalue weighted by atomic mass is 9.99. The van der Waals surface area contributed by atoms with E-state index in [1.165, 1.54) is 0 Å². The molecule has 4 atom stereocenters. The second-order valence-corrected chi connectivity index (χ2v) is 7.72. The molecule has 4 unspecified atom stereocenters. The Morgan fingerprint density at radius 3 is 2.57 bits per heavy atom. The van der Waals surface area contributed by atoms with E-state index in [1.807, 2.05) is 48.5 Å². The minimum atomic E-state index is -0.489. The van der Waals surface area contributed by atoms with Crippen LogP contribution >= 0.6 is 0 Å². The van der Waals surface area contributed by atoms with Crippen molar-refractivity contribution >= 4 is 5.69 Å². The number of likely N-dealkylation sites (tertiary alicyclic amines) is 1. The Hall–Kier alpha value is -1.96. The van der Waals surface area contributed by atoms with Crippen LogP contribution in [0.15, 0.2) is 48.5 Å². The fraction of sp³-hybridized carbons (Fsp3) is 0.455. The van der Waals surface area contributed by atoms with Gasteiger partial charge in [0.25, 0.3) is 0 Å². The Morgan fingerprint density at radius 2 is 1.89 bits per heavy atom. The summed E-state index contributed by atoms with van der Waals surface area (Å²) in [6, 6.07) is 15.5. The smallest absolute Gasteiger partial charge is 0.185 e. The highest BCUT2D eigenvalue weighted by atomic mass is 16.7. The maximum Gasteiger partial charge on any atom is 0.185 e. The third kappa shape index (κ3) is 4.54. The SMILES string of the molecule is Nc1cccc(C2OC(CN3CCC(O)C3)CC(c3ccc(CO)cc3)O2)c1. The molecule has 2 heterocycles. The molecule has 2 fully saturated rings. The van der Waals surface area contributed by atoms with E-state index in [0.29, 0.717) is 12.2 Å². The number of benzene rings is 2. The van der Waals surface area contributed by atoms with E-state index in [1.54, 1.807) is 0 Å². The Balaban J connectivity index is 1.54. The molecular weight excluding hydrogens is 356 g/mol. The van der Waals surface area contributed by atoms with Crippen molar-refractivity contribution in [3.8, 4) is 0 Å². The molecule has 0 aromatic heterocycles. The molecular formula is C22H28N2O4. The summed E-state index contributed by atoms with van der Waals surface area (Å²) in [4.78, 5) is 2.25. The Kier molecular flexibility index (Phi) is 5.94. The summed E-state index contributed by atoms with van der Waals surface area (Å²) in [5.41, 5.74) is 9.49. The molecule has 0 bridgehead atoms. The molecule has 2 aromatic carbocycles. The first-order valence-corrected chi connectivity index (χ1v) is 9.87. The topological polar surface area (TPSA) is 88.2 Å². The Bertz CT molecular complexity index is 782. The first-order chi connectivity index (χ1) is 13.6. The van der Waals surface area contributed by atoms with Crippen LogP contribution in [-0.2, 0) is 16.1 Å². The fourth-order valence-electron chi connectivity index (χ4n) is 4.00. The molecule has 2 aliphatic rings. The van der Waals surface area contributed by atoms with E-state index in [4.69, 9.17) is 15.2 Å². The van der Waals surface area contributed by atoms with Crippen LogP contribution in [0.1, 0.15) is 41.9 Å². The highest BCUT2D eigenvalue weighted by Crippen LogP contribution is 2.38. The number of aliphatic hydroxyl groups is 2. The standard InChI is InChI=1S/C22H28N2O4/c23-18-3-1-2-17(10-18)22-27-20(13-24-9-8-19(26)12-24)11-21(28-22)16-6-4-15(14-25)5-7-16/h1-7,10,19-22,25-26H,8-9,11-14,23H2. The van der Waals surface area contributed by atoms with E-state index < -0.39 is 6.29 Å². The highest BCUT2D eigenvalue weighted by molar-refractivity contribution is 5.41. The lowest BCUT2D eigenvalue weighted by molar-refractivity contribution is -0.252. The minimum Gasteiger partial charge on any atom is -0.399 e. The van der Waals surface area contributed by atoms with Crippen LogP contribution in [0.2, 0.25) is 0 Å². The summed E-state index contributed by atoms with van der Waals surface area (Å²) in [7, 11) is 0. The molecule has 2 aromatic rings. The molecule has 0 aliphatic carbocycles. The second kappa shape index (κ2) is 8.59. The fourth-order valence-corrected chi connectivity index (χ4v) is 4.00. The van der Waals surface area contributed by atoms with E-state index >= 15 is 0 Å². The van der Waals surface area contributed by atoms with Gasteiger partial charge in [-0.1, -0.05) is 36.4 Å². The minimum absolute atomic E-state index is 0.00648. The summed E-state index contributed by atoms with van der Waals surface area (Å²) < 4.78 is 12.6. The summed E-state index contributed by atoms with van der Waals surface area (Å²) >= 11 is 0. The lowest BCUT2D eigenvalue weighted by Crippen LogP contribution is -2.38. The van der Waals surface area contributed by atoms with Crippen LogP contribution in [0.5, 0.6) is 0 Å². The molecule has 0 radical (unpaired) electrons. The van der Waals surface area contributed by atoms with Crippen molar-refractivity contribution in [2.75, 3.05) is 25.4 Å². The zero-order valence-corrected chi connectivity index (χ0v) is 15.9. The number of aliphatic hydroxyl groups excluding tert-OH is 2. The van der Waals surface area contributed by atoms with E-state index in [9.17, 15) is 10.2 Å². The zero-order chi connectivity index (χ0) is 19.5. The summed E-state index contributed by atoms with van der Waals surface area (Å²) in [5.74, 6) is 0. The normalized spacial score (nSPS) is 28.5. The number of nitrogens with zero attached hydrogens (tertiary/aromatic N) is 1. The molecule has 28 heavy (non-hydrogen) atoms. The number of hydrogen-bond acceptors (Lipinski definition) is 6. The summed E-state index contributed by atoms with van der Waals surface area (Å²) in [6.45, 7) is 2.38. The maximum atomic E-state index is 9.83. The van der Waals surface area contributed by atoms with Gasteiger partial charge in [-0.3, -0.25) is 4.90 Å². The molecule has 6 nitrogen and oxygen atoms in total. The van der Waals surface area contributed by atoms with Gasteiger partial charge in [-0.25, -0.2) is 0 Å². The van der Waals surface area contributed by atoms with E-state index in [0.717, 1.165) is 42.6 Å². The molecule has 4 N–H and O–H groups in total.